The quantitative estimate of drug-likeness (QED) is 0.611. The molecule has 1 aromatic carbocycles. The first kappa shape index (κ1) is 18.4. The molecule has 1 saturated carbocycles. The lowest BCUT2D eigenvalue weighted by Gasteiger charge is -2.16. The van der Waals surface area contributed by atoms with Crippen molar-refractivity contribution in [3.63, 3.8) is 0 Å². The average molecular weight is 379 g/mol. The maximum absolute atomic E-state index is 12.3. The highest BCUT2D eigenvalue weighted by Gasteiger charge is 2.34. The molecule has 0 spiro atoms. The molecule has 0 aliphatic heterocycles. The number of aliphatic hydroxyl groups is 1. The van der Waals surface area contributed by atoms with Crippen molar-refractivity contribution in [2.75, 3.05) is 0 Å². The standard InChI is InChI=1S/C21H25N5O2/c1-14-9-17(25-24-14)12-20(28)23-18-10-15(11-19(18)27)13-26-8-7-22-21(26)16-5-3-2-4-6-16/h2-9,15,18-19,27H,10-13H2,1H3,(H,23,28)(H,24,25)/t15?,18-,19-/m1/s1. The van der Waals surface area contributed by atoms with E-state index in [0.29, 0.717) is 12.1 Å². The molecule has 4 rings (SSSR count). The zero-order valence-electron chi connectivity index (χ0n) is 15.9. The summed E-state index contributed by atoms with van der Waals surface area (Å²) < 4.78 is 2.13. The number of hydrogen-bond donors (Lipinski definition) is 3. The van der Waals surface area contributed by atoms with Gasteiger partial charge >= 0.3 is 0 Å². The van der Waals surface area contributed by atoms with E-state index in [9.17, 15) is 9.90 Å². The highest BCUT2D eigenvalue weighted by molar-refractivity contribution is 5.78. The van der Waals surface area contributed by atoms with Crippen molar-refractivity contribution in [1.29, 1.82) is 0 Å². The fourth-order valence-electron chi connectivity index (χ4n) is 3.99. The zero-order chi connectivity index (χ0) is 19.5. The number of hydrogen-bond acceptors (Lipinski definition) is 4. The number of rotatable bonds is 6. The Morgan fingerprint density at radius 2 is 2.14 bits per heavy atom. The van der Waals surface area contributed by atoms with Gasteiger partial charge in [-0.1, -0.05) is 30.3 Å². The Morgan fingerprint density at radius 3 is 2.89 bits per heavy atom. The van der Waals surface area contributed by atoms with Gasteiger partial charge in [-0.2, -0.15) is 5.10 Å². The van der Waals surface area contributed by atoms with E-state index in [1.165, 1.54) is 0 Å². The largest absolute Gasteiger partial charge is 0.391 e. The molecule has 1 fully saturated rings. The maximum atomic E-state index is 12.3. The van der Waals surface area contributed by atoms with E-state index >= 15 is 0 Å². The van der Waals surface area contributed by atoms with Crippen LogP contribution in [0.5, 0.6) is 0 Å². The SMILES string of the molecule is Cc1cc(CC(=O)N[C@@H]2CC(Cn3ccnc3-c3ccccc3)C[C@H]2O)n[nH]1. The second kappa shape index (κ2) is 7.98. The number of aryl methyl sites for hydroxylation is 1. The molecule has 0 saturated heterocycles. The van der Waals surface area contributed by atoms with Gasteiger partial charge in [-0.15, -0.1) is 0 Å². The van der Waals surface area contributed by atoms with Crippen molar-refractivity contribution in [3.8, 4) is 11.4 Å². The lowest BCUT2D eigenvalue weighted by atomic mass is 10.1. The van der Waals surface area contributed by atoms with Crippen molar-refractivity contribution in [1.82, 2.24) is 25.1 Å². The van der Waals surface area contributed by atoms with E-state index in [-0.39, 0.29) is 24.3 Å². The normalized spacial score (nSPS) is 21.7. The average Bonchev–Trinajstić information content (AvgIpc) is 3.38. The van der Waals surface area contributed by atoms with Crippen molar-refractivity contribution in [2.24, 2.45) is 5.92 Å². The summed E-state index contributed by atoms with van der Waals surface area (Å²) >= 11 is 0. The molecule has 146 valence electrons. The van der Waals surface area contributed by atoms with Gasteiger partial charge in [0.2, 0.25) is 5.91 Å². The molecular weight excluding hydrogens is 354 g/mol. The van der Waals surface area contributed by atoms with Crippen LogP contribution in [0.15, 0.2) is 48.8 Å². The molecule has 7 nitrogen and oxygen atoms in total. The van der Waals surface area contributed by atoms with Crippen LogP contribution in [0.1, 0.15) is 24.2 Å². The third kappa shape index (κ3) is 4.14. The van der Waals surface area contributed by atoms with Gasteiger partial charge in [0.25, 0.3) is 0 Å². The first-order valence-electron chi connectivity index (χ1n) is 9.63. The highest BCUT2D eigenvalue weighted by atomic mass is 16.3. The van der Waals surface area contributed by atoms with E-state index < -0.39 is 6.10 Å². The predicted molar refractivity (Wildman–Crippen MR) is 105 cm³/mol. The molecule has 3 aromatic rings. The molecule has 0 bridgehead atoms. The lowest BCUT2D eigenvalue weighted by molar-refractivity contribution is -0.121. The summed E-state index contributed by atoms with van der Waals surface area (Å²) in [7, 11) is 0. The first-order chi connectivity index (χ1) is 13.6. The Bertz CT molecular complexity index is 933. The van der Waals surface area contributed by atoms with Gasteiger partial charge < -0.3 is 15.0 Å². The molecule has 1 aliphatic carbocycles. The maximum Gasteiger partial charge on any atom is 0.226 e. The minimum atomic E-state index is -0.529. The fraction of sp³-hybridized carbons (Fsp3) is 0.381. The van der Waals surface area contributed by atoms with Crippen molar-refractivity contribution in [3.05, 3.63) is 60.2 Å². The van der Waals surface area contributed by atoms with Crippen LogP contribution in [0.25, 0.3) is 11.4 Å². The van der Waals surface area contributed by atoms with Crippen LogP contribution >= 0.6 is 0 Å². The third-order valence-electron chi connectivity index (χ3n) is 5.28. The van der Waals surface area contributed by atoms with Gasteiger partial charge in [-0.25, -0.2) is 4.98 Å². The van der Waals surface area contributed by atoms with Gasteiger partial charge in [0.15, 0.2) is 0 Å². The molecule has 3 N–H and O–H groups in total. The summed E-state index contributed by atoms with van der Waals surface area (Å²) in [5, 5.41) is 20.3. The summed E-state index contributed by atoms with van der Waals surface area (Å²) in [5.74, 6) is 1.10. The van der Waals surface area contributed by atoms with Crippen LogP contribution in [-0.4, -0.2) is 42.9 Å². The van der Waals surface area contributed by atoms with Gasteiger partial charge in [0, 0.05) is 30.2 Å². The van der Waals surface area contributed by atoms with Gasteiger partial charge in [-0.05, 0) is 31.7 Å². The molecule has 1 unspecified atom stereocenters. The number of nitrogens with one attached hydrogen (secondary N) is 2. The van der Waals surface area contributed by atoms with Gasteiger partial charge in [0.05, 0.1) is 24.3 Å². The van der Waals surface area contributed by atoms with Crippen LogP contribution in [0.4, 0.5) is 0 Å². The van der Waals surface area contributed by atoms with Crippen molar-refractivity contribution >= 4 is 5.91 Å². The number of carbonyl (C=O) groups is 1. The minimum Gasteiger partial charge on any atom is -0.391 e. The monoisotopic (exact) mass is 379 g/mol. The summed E-state index contributed by atoms with van der Waals surface area (Å²) in [5.41, 5.74) is 2.72. The molecular formula is C21H25N5O2. The van der Waals surface area contributed by atoms with E-state index in [4.69, 9.17) is 0 Å². The Labute approximate surface area is 163 Å². The highest BCUT2D eigenvalue weighted by Crippen LogP contribution is 2.29. The number of H-pyrrole nitrogens is 1. The Balaban J connectivity index is 1.36. The van der Waals surface area contributed by atoms with Gasteiger partial charge in [-0.3, -0.25) is 9.89 Å². The topological polar surface area (TPSA) is 95.8 Å². The molecule has 1 amide bonds. The summed E-state index contributed by atoms with van der Waals surface area (Å²) in [6.45, 7) is 2.67. The number of benzene rings is 1. The summed E-state index contributed by atoms with van der Waals surface area (Å²) in [4.78, 5) is 16.8. The number of aromatic nitrogens is 4. The summed E-state index contributed by atoms with van der Waals surface area (Å²) in [6.07, 6.45) is 4.88. The number of carbonyl (C=O) groups excluding carboxylic acids is 1. The Hall–Kier alpha value is -2.93. The fourth-order valence-corrected chi connectivity index (χ4v) is 3.99. The second-order valence-corrected chi connectivity index (χ2v) is 7.57. The third-order valence-corrected chi connectivity index (χ3v) is 5.28. The Morgan fingerprint density at radius 1 is 1.32 bits per heavy atom. The van der Waals surface area contributed by atoms with Crippen LogP contribution in [0, 0.1) is 12.8 Å². The van der Waals surface area contributed by atoms with Crippen LogP contribution < -0.4 is 5.32 Å². The molecule has 3 atom stereocenters. The molecule has 7 heteroatoms. The first-order valence-corrected chi connectivity index (χ1v) is 9.63. The zero-order valence-corrected chi connectivity index (χ0v) is 15.9. The van der Waals surface area contributed by atoms with Crippen LogP contribution in [-0.2, 0) is 17.8 Å². The van der Waals surface area contributed by atoms with E-state index in [1.807, 2.05) is 49.5 Å². The minimum absolute atomic E-state index is 0.108. The second-order valence-electron chi connectivity index (χ2n) is 7.57. The van der Waals surface area contributed by atoms with Crippen LogP contribution in [0.3, 0.4) is 0 Å². The van der Waals surface area contributed by atoms with E-state index in [1.54, 1.807) is 6.20 Å². The smallest absolute Gasteiger partial charge is 0.226 e. The molecule has 2 aromatic heterocycles. The van der Waals surface area contributed by atoms with Crippen molar-refractivity contribution < 1.29 is 9.90 Å². The van der Waals surface area contributed by atoms with Crippen molar-refractivity contribution in [2.45, 2.75) is 44.9 Å². The number of aliphatic hydroxyl groups excluding tert-OH is 1. The van der Waals surface area contributed by atoms with E-state index in [0.717, 1.165) is 30.0 Å². The predicted octanol–water partition coefficient (Wildman–Crippen LogP) is 2.08. The number of aromatic amines is 1. The number of nitrogens with zero attached hydrogens (tertiary/aromatic N) is 3. The molecule has 0 radical (unpaired) electrons. The number of amides is 1. The lowest BCUT2D eigenvalue weighted by Crippen LogP contribution is -2.40. The number of imidazole rings is 1. The molecule has 2 heterocycles. The Kier molecular flexibility index (Phi) is 5.25. The summed E-state index contributed by atoms with van der Waals surface area (Å²) in [6, 6.07) is 11.7. The molecule has 28 heavy (non-hydrogen) atoms. The van der Waals surface area contributed by atoms with E-state index in [2.05, 4.69) is 25.1 Å². The van der Waals surface area contributed by atoms with Crippen LogP contribution in [0.2, 0.25) is 0 Å². The molecule has 1 aliphatic rings. The van der Waals surface area contributed by atoms with Gasteiger partial charge in [0.1, 0.15) is 5.82 Å².